The number of benzene rings is 2. The average Bonchev–Trinajstić information content (AvgIpc) is 2.60. The summed E-state index contributed by atoms with van der Waals surface area (Å²) in [4.78, 5) is 14.1. The number of nitrogens with zero attached hydrogens (tertiary/aromatic N) is 1. The topological polar surface area (TPSA) is 49.8 Å². The Kier molecular flexibility index (Phi) is 5.39. The first kappa shape index (κ1) is 20.2. The van der Waals surface area contributed by atoms with E-state index in [1.165, 1.54) is 12.1 Å². The molecule has 7 heteroatoms. The number of aliphatic hydroxyl groups is 1. The lowest BCUT2D eigenvalue weighted by Crippen LogP contribution is -2.39. The average molecular weight is 393 g/mol. The molecule has 0 unspecified atom stereocenters. The number of ether oxygens (including phenoxy) is 1. The van der Waals surface area contributed by atoms with Gasteiger partial charge in [0.05, 0.1) is 17.6 Å². The third-order valence-corrected chi connectivity index (χ3v) is 4.57. The molecule has 28 heavy (non-hydrogen) atoms. The van der Waals surface area contributed by atoms with Gasteiger partial charge in [-0.2, -0.15) is 13.2 Å². The standard InChI is InChI=1S/C21H22F3NO3/c1-20(2,27)12-19(26)25-11-10-17-14(13-25)4-3-5-18(17)28-16-8-6-15(7-9-16)21(22,23)24/h3-9,27H,10-13H2,1-2H3. The monoisotopic (exact) mass is 393 g/mol. The number of rotatable bonds is 4. The van der Waals surface area contributed by atoms with Crippen LogP contribution in [0.2, 0.25) is 0 Å². The van der Waals surface area contributed by atoms with Crippen LogP contribution >= 0.6 is 0 Å². The maximum Gasteiger partial charge on any atom is 0.416 e. The fraction of sp³-hybridized carbons (Fsp3) is 0.381. The maximum atomic E-state index is 12.7. The molecular formula is C21H22F3NO3. The van der Waals surface area contributed by atoms with Gasteiger partial charge in [0.2, 0.25) is 5.91 Å². The molecule has 0 saturated heterocycles. The van der Waals surface area contributed by atoms with Gasteiger partial charge < -0.3 is 14.7 Å². The lowest BCUT2D eigenvalue weighted by Gasteiger charge is -2.31. The summed E-state index contributed by atoms with van der Waals surface area (Å²) in [6.07, 6.45) is -3.77. The molecule has 0 aliphatic carbocycles. The van der Waals surface area contributed by atoms with Crippen molar-refractivity contribution in [2.75, 3.05) is 6.54 Å². The number of hydrogen-bond acceptors (Lipinski definition) is 3. The Morgan fingerprint density at radius 2 is 1.82 bits per heavy atom. The van der Waals surface area contributed by atoms with Crippen molar-refractivity contribution in [2.24, 2.45) is 0 Å². The van der Waals surface area contributed by atoms with Gasteiger partial charge >= 0.3 is 6.18 Å². The Balaban J connectivity index is 1.75. The zero-order valence-electron chi connectivity index (χ0n) is 15.7. The van der Waals surface area contributed by atoms with E-state index in [4.69, 9.17) is 4.74 Å². The molecule has 2 aromatic carbocycles. The van der Waals surface area contributed by atoms with Crippen molar-refractivity contribution in [3.05, 3.63) is 59.2 Å². The molecule has 3 rings (SSSR count). The molecule has 1 aliphatic heterocycles. The molecule has 0 aromatic heterocycles. The molecule has 1 N–H and O–H groups in total. The molecule has 1 amide bonds. The highest BCUT2D eigenvalue weighted by Crippen LogP contribution is 2.34. The van der Waals surface area contributed by atoms with Crippen LogP contribution in [0.15, 0.2) is 42.5 Å². The van der Waals surface area contributed by atoms with Crippen molar-refractivity contribution >= 4 is 5.91 Å². The minimum Gasteiger partial charge on any atom is -0.457 e. The Morgan fingerprint density at radius 3 is 2.43 bits per heavy atom. The van der Waals surface area contributed by atoms with Gasteiger partial charge in [0.1, 0.15) is 11.5 Å². The lowest BCUT2D eigenvalue weighted by molar-refractivity contribution is -0.138. The van der Waals surface area contributed by atoms with Crippen LogP contribution in [0, 0.1) is 0 Å². The van der Waals surface area contributed by atoms with E-state index in [9.17, 15) is 23.1 Å². The minimum absolute atomic E-state index is 0.0457. The molecule has 0 fully saturated rings. The highest BCUT2D eigenvalue weighted by molar-refractivity contribution is 5.77. The molecule has 1 aliphatic rings. The maximum absolute atomic E-state index is 12.7. The summed E-state index contributed by atoms with van der Waals surface area (Å²) in [5.74, 6) is 0.779. The Hall–Kier alpha value is -2.54. The van der Waals surface area contributed by atoms with Crippen LogP contribution < -0.4 is 4.74 Å². The van der Waals surface area contributed by atoms with Gasteiger partial charge in [0, 0.05) is 18.7 Å². The zero-order valence-corrected chi connectivity index (χ0v) is 15.7. The number of carbonyl (C=O) groups is 1. The Bertz CT molecular complexity index is 855. The smallest absolute Gasteiger partial charge is 0.416 e. The summed E-state index contributed by atoms with van der Waals surface area (Å²) in [6, 6.07) is 10.0. The van der Waals surface area contributed by atoms with Crippen LogP contribution in [0.25, 0.3) is 0 Å². The lowest BCUT2D eigenvalue weighted by atomic mass is 9.97. The number of alkyl halides is 3. The van der Waals surface area contributed by atoms with E-state index in [-0.39, 0.29) is 12.3 Å². The summed E-state index contributed by atoms with van der Waals surface area (Å²) >= 11 is 0. The number of fused-ring (bicyclic) bond motifs is 1. The first-order valence-corrected chi connectivity index (χ1v) is 8.99. The molecule has 0 saturated carbocycles. The van der Waals surface area contributed by atoms with E-state index >= 15 is 0 Å². The van der Waals surface area contributed by atoms with E-state index in [0.29, 0.717) is 31.0 Å². The number of hydrogen-bond donors (Lipinski definition) is 1. The Labute approximate surface area is 161 Å². The molecular weight excluding hydrogens is 371 g/mol. The fourth-order valence-corrected chi connectivity index (χ4v) is 3.20. The molecule has 0 spiro atoms. The SMILES string of the molecule is CC(C)(O)CC(=O)N1CCc2c(cccc2Oc2ccc(C(F)(F)F)cc2)C1. The highest BCUT2D eigenvalue weighted by atomic mass is 19.4. The van der Waals surface area contributed by atoms with Gasteiger partial charge in [-0.15, -0.1) is 0 Å². The second-order valence-corrected chi connectivity index (χ2v) is 7.57. The number of amides is 1. The van der Waals surface area contributed by atoms with Crippen LogP contribution in [-0.2, 0) is 23.9 Å². The van der Waals surface area contributed by atoms with Crippen molar-refractivity contribution in [3.8, 4) is 11.5 Å². The molecule has 1 heterocycles. The van der Waals surface area contributed by atoms with E-state index in [2.05, 4.69) is 0 Å². The number of carbonyl (C=O) groups excluding carboxylic acids is 1. The van der Waals surface area contributed by atoms with Crippen molar-refractivity contribution in [2.45, 2.75) is 45.0 Å². The van der Waals surface area contributed by atoms with E-state index in [1.54, 1.807) is 30.9 Å². The molecule has 0 atom stereocenters. The predicted molar refractivity (Wildman–Crippen MR) is 98.0 cm³/mol. The number of halogens is 3. The van der Waals surface area contributed by atoms with Crippen LogP contribution in [0.4, 0.5) is 13.2 Å². The van der Waals surface area contributed by atoms with Crippen molar-refractivity contribution in [1.29, 1.82) is 0 Å². The van der Waals surface area contributed by atoms with Gasteiger partial charge in [0.25, 0.3) is 0 Å². The predicted octanol–water partition coefficient (Wildman–Crippen LogP) is 4.54. The molecule has 0 radical (unpaired) electrons. The summed E-state index contributed by atoms with van der Waals surface area (Å²) in [5.41, 5.74) is 0.0793. The van der Waals surface area contributed by atoms with Gasteiger partial charge in [-0.3, -0.25) is 4.79 Å². The molecule has 2 aromatic rings. The van der Waals surface area contributed by atoms with Crippen LogP contribution in [0.3, 0.4) is 0 Å². The third kappa shape index (κ3) is 4.84. The molecule has 0 bridgehead atoms. The van der Waals surface area contributed by atoms with Gasteiger partial charge in [-0.1, -0.05) is 12.1 Å². The zero-order chi connectivity index (χ0) is 20.5. The van der Waals surface area contributed by atoms with E-state index in [1.807, 2.05) is 6.07 Å². The van der Waals surface area contributed by atoms with E-state index < -0.39 is 17.3 Å². The summed E-state index contributed by atoms with van der Waals surface area (Å²) in [7, 11) is 0. The molecule has 150 valence electrons. The summed E-state index contributed by atoms with van der Waals surface area (Å²) in [6.45, 7) is 4.10. The van der Waals surface area contributed by atoms with Crippen LogP contribution in [0.5, 0.6) is 11.5 Å². The van der Waals surface area contributed by atoms with Crippen molar-refractivity contribution in [1.82, 2.24) is 4.90 Å². The Morgan fingerprint density at radius 1 is 1.14 bits per heavy atom. The van der Waals surface area contributed by atoms with Crippen LogP contribution in [-0.4, -0.2) is 28.1 Å². The van der Waals surface area contributed by atoms with Crippen molar-refractivity contribution < 1.29 is 27.8 Å². The first-order chi connectivity index (χ1) is 13.0. The molecule has 4 nitrogen and oxygen atoms in total. The highest BCUT2D eigenvalue weighted by Gasteiger charge is 2.30. The van der Waals surface area contributed by atoms with Gasteiger partial charge in [0.15, 0.2) is 0 Å². The normalized spacial score (nSPS) is 14.6. The van der Waals surface area contributed by atoms with Crippen LogP contribution in [0.1, 0.15) is 37.0 Å². The summed E-state index contributed by atoms with van der Waals surface area (Å²) < 4.78 is 43.9. The largest absolute Gasteiger partial charge is 0.457 e. The first-order valence-electron chi connectivity index (χ1n) is 8.99. The second-order valence-electron chi connectivity index (χ2n) is 7.57. The minimum atomic E-state index is -4.39. The van der Waals surface area contributed by atoms with Crippen molar-refractivity contribution in [3.63, 3.8) is 0 Å². The summed E-state index contributed by atoms with van der Waals surface area (Å²) in [5, 5.41) is 9.85. The van der Waals surface area contributed by atoms with E-state index in [0.717, 1.165) is 23.3 Å². The fourth-order valence-electron chi connectivity index (χ4n) is 3.20. The second kappa shape index (κ2) is 7.47. The van der Waals surface area contributed by atoms with Gasteiger partial charge in [-0.25, -0.2) is 0 Å². The van der Waals surface area contributed by atoms with Gasteiger partial charge in [-0.05, 0) is 56.2 Å². The quantitative estimate of drug-likeness (QED) is 0.830. The third-order valence-electron chi connectivity index (χ3n) is 4.57.